The summed E-state index contributed by atoms with van der Waals surface area (Å²) in [6.07, 6.45) is 5.53. The second kappa shape index (κ2) is 6.11. The maximum Gasteiger partial charge on any atom is 0.314 e. The van der Waals surface area contributed by atoms with E-state index >= 15 is 0 Å². The van der Waals surface area contributed by atoms with E-state index < -0.39 is 11.4 Å². The number of methoxy groups -OCH3 is 1. The minimum Gasteiger partial charge on any atom is -0.493 e. The van der Waals surface area contributed by atoms with Gasteiger partial charge in [0.15, 0.2) is 11.5 Å². The lowest BCUT2D eigenvalue weighted by molar-refractivity contribution is -0.143. The lowest BCUT2D eigenvalue weighted by atomic mass is 9.78. The topological polar surface area (TPSA) is 55.8 Å². The molecular formula is C17H21BrO4. The molecule has 120 valence electrons. The highest BCUT2D eigenvalue weighted by molar-refractivity contribution is 9.10. The van der Waals surface area contributed by atoms with Gasteiger partial charge in [0.2, 0.25) is 0 Å². The minimum absolute atomic E-state index is 0.598. The van der Waals surface area contributed by atoms with Crippen molar-refractivity contribution in [3.05, 3.63) is 22.2 Å². The zero-order valence-electron chi connectivity index (χ0n) is 12.7. The van der Waals surface area contributed by atoms with Gasteiger partial charge in [-0.25, -0.2) is 0 Å². The lowest BCUT2D eigenvalue weighted by Gasteiger charge is -2.29. The molecule has 1 N–H and O–H groups in total. The van der Waals surface area contributed by atoms with E-state index in [4.69, 9.17) is 9.47 Å². The Morgan fingerprint density at radius 2 is 2.05 bits per heavy atom. The Balaban J connectivity index is 2.08. The fourth-order valence-corrected chi connectivity index (χ4v) is 4.02. The fraction of sp³-hybridized carbons (Fsp3) is 0.588. The zero-order valence-corrected chi connectivity index (χ0v) is 14.3. The molecule has 0 spiro atoms. The molecule has 0 amide bonds. The van der Waals surface area contributed by atoms with Crippen LogP contribution in [0, 0.1) is 5.92 Å². The standard InChI is InChI=1S/C17H21BrO4/c1-21-13-7-6-12(18)14(15(13)22-10-11-4-5-11)17(16(19)20)8-2-3-9-17/h6-7,11H,2-5,8-10H2,1H3,(H,19,20). The van der Waals surface area contributed by atoms with Crippen molar-refractivity contribution in [3.63, 3.8) is 0 Å². The SMILES string of the molecule is COc1ccc(Br)c(C2(C(=O)O)CCCC2)c1OCC1CC1. The zero-order chi connectivity index (χ0) is 15.7. The first-order valence-electron chi connectivity index (χ1n) is 7.81. The second-order valence-electron chi connectivity index (χ2n) is 6.30. The summed E-state index contributed by atoms with van der Waals surface area (Å²) in [5, 5.41) is 9.90. The lowest BCUT2D eigenvalue weighted by Crippen LogP contribution is -2.33. The summed E-state index contributed by atoms with van der Waals surface area (Å²) in [5.74, 6) is 1.05. The number of rotatable bonds is 6. The van der Waals surface area contributed by atoms with Gasteiger partial charge in [-0.05, 0) is 43.7 Å². The van der Waals surface area contributed by atoms with Crippen LogP contribution >= 0.6 is 15.9 Å². The van der Waals surface area contributed by atoms with E-state index in [1.54, 1.807) is 7.11 Å². The molecule has 1 aromatic rings. The third-order valence-corrected chi connectivity index (χ3v) is 5.46. The fourth-order valence-electron chi connectivity index (χ4n) is 3.32. The van der Waals surface area contributed by atoms with Crippen LogP contribution in [0.3, 0.4) is 0 Å². The number of hydrogen-bond acceptors (Lipinski definition) is 3. The van der Waals surface area contributed by atoms with Crippen molar-refractivity contribution in [1.29, 1.82) is 0 Å². The molecule has 0 atom stereocenters. The molecule has 0 saturated heterocycles. The van der Waals surface area contributed by atoms with Crippen molar-refractivity contribution in [2.24, 2.45) is 5.92 Å². The summed E-state index contributed by atoms with van der Waals surface area (Å²) in [5.41, 5.74) is -0.121. The van der Waals surface area contributed by atoms with Gasteiger partial charge in [-0.1, -0.05) is 28.8 Å². The Hall–Kier alpha value is -1.23. The molecule has 1 aromatic carbocycles. The number of hydrogen-bond donors (Lipinski definition) is 1. The maximum absolute atomic E-state index is 12.1. The molecule has 2 aliphatic carbocycles. The van der Waals surface area contributed by atoms with Crippen LogP contribution in [0.1, 0.15) is 44.1 Å². The van der Waals surface area contributed by atoms with E-state index in [0.29, 0.717) is 36.9 Å². The van der Waals surface area contributed by atoms with Gasteiger partial charge in [-0.3, -0.25) is 4.79 Å². The molecule has 0 unspecified atom stereocenters. The van der Waals surface area contributed by atoms with Gasteiger partial charge in [0.25, 0.3) is 0 Å². The third kappa shape index (κ3) is 2.71. The van der Waals surface area contributed by atoms with Crippen LogP contribution < -0.4 is 9.47 Å². The van der Waals surface area contributed by atoms with Crippen LogP contribution in [0.25, 0.3) is 0 Å². The Morgan fingerprint density at radius 1 is 1.36 bits per heavy atom. The highest BCUT2D eigenvalue weighted by Crippen LogP contribution is 2.51. The third-order valence-electron chi connectivity index (χ3n) is 4.80. The van der Waals surface area contributed by atoms with Crippen LogP contribution in [0.15, 0.2) is 16.6 Å². The van der Waals surface area contributed by atoms with Gasteiger partial charge in [-0.2, -0.15) is 0 Å². The van der Waals surface area contributed by atoms with Crippen molar-refractivity contribution in [1.82, 2.24) is 0 Å². The molecule has 22 heavy (non-hydrogen) atoms. The van der Waals surface area contributed by atoms with E-state index in [1.165, 1.54) is 12.8 Å². The van der Waals surface area contributed by atoms with E-state index in [2.05, 4.69) is 15.9 Å². The van der Waals surface area contributed by atoms with E-state index in [-0.39, 0.29) is 0 Å². The minimum atomic E-state index is -0.869. The van der Waals surface area contributed by atoms with Crippen LogP contribution in [-0.4, -0.2) is 24.8 Å². The maximum atomic E-state index is 12.1. The number of carboxylic acid groups (broad SMARTS) is 1. The van der Waals surface area contributed by atoms with E-state index in [1.807, 2.05) is 12.1 Å². The van der Waals surface area contributed by atoms with Crippen molar-refractivity contribution in [2.45, 2.75) is 43.9 Å². The molecule has 0 aromatic heterocycles. The predicted octanol–water partition coefficient (Wildman–Crippen LogP) is 4.14. The predicted molar refractivity (Wildman–Crippen MR) is 86.7 cm³/mol. The first kappa shape index (κ1) is 15.7. The molecule has 0 radical (unpaired) electrons. The normalized spacial score (nSPS) is 19.9. The molecule has 2 saturated carbocycles. The summed E-state index contributed by atoms with van der Waals surface area (Å²) in [7, 11) is 1.60. The van der Waals surface area contributed by atoms with Gasteiger partial charge in [-0.15, -0.1) is 0 Å². The average Bonchev–Trinajstić information content (AvgIpc) is 3.20. The van der Waals surface area contributed by atoms with Gasteiger partial charge < -0.3 is 14.6 Å². The Bertz CT molecular complexity index is 574. The van der Waals surface area contributed by atoms with Crippen molar-refractivity contribution in [3.8, 4) is 11.5 Å². The Kier molecular flexibility index (Phi) is 4.35. The average molecular weight is 369 g/mol. The number of ether oxygens (including phenoxy) is 2. The van der Waals surface area contributed by atoms with E-state index in [9.17, 15) is 9.90 Å². The second-order valence-corrected chi connectivity index (χ2v) is 7.16. The summed E-state index contributed by atoms with van der Waals surface area (Å²) in [6.45, 7) is 0.634. The van der Waals surface area contributed by atoms with Gasteiger partial charge in [0.1, 0.15) is 0 Å². The van der Waals surface area contributed by atoms with Crippen molar-refractivity contribution >= 4 is 21.9 Å². The van der Waals surface area contributed by atoms with E-state index in [0.717, 1.165) is 22.9 Å². The van der Waals surface area contributed by atoms with Crippen LogP contribution in [0.5, 0.6) is 11.5 Å². The summed E-state index contributed by atoms with van der Waals surface area (Å²) in [6, 6.07) is 3.70. The highest BCUT2D eigenvalue weighted by atomic mass is 79.9. The monoisotopic (exact) mass is 368 g/mol. The quantitative estimate of drug-likeness (QED) is 0.819. The number of halogens is 1. The van der Waals surface area contributed by atoms with Crippen LogP contribution in [-0.2, 0) is 10.2 Å². The number of benzene rings is 1. The molecular weight excluding hydrogens is 348 g/mol. The van der Waals surface area contributed by atoms with Crippen LogP contribution in [0.2, 0.25) is 0 Å². The van der Waals surface area contributed by atoms with Gasteiger partial charge in [0, 0.05) is 10.0 Å². The molecule has 2 fully saturated rings. The van der Waals surface area contributed by atoms with Crippen LogP contribution in [0.4, 0.5) is 0 Å². The summed E-state index contributed by atoms with van der Waals surface area (Å²) in [4.78, 5) is 12.1. The first-order chi connectivity index (χ1) is 10.6. The number of carbonyl (C=O) groups is 1. The molecule has 5 heteroatoms. The first-order valence-corrected chi connectivity index (χ1v) is 8.61. The van der Waals surface area contributed by atoms with Gasteiger partial charge in [0.05, 0.1) is 19.1 Å². The molecule has 3 rings (SSSR count). The molecule has 4 nitrogen and oxygen atoms in total. The largest absolute Gasteiger partial charge is 0.493 e. The highest BCUT2D eigenvalue weighted by Gasteiger charge is 2.47. The van der Waals surface area contributed by atoms with Gasteiger partial charge >= 0.3 is 5.97 Å². The van der Waals surface area contributed by atoms with Crippen molar-refractivity contribution in [2.75, 3.05) is 13.7 Å². The molecule has 2 aliphatic rings. The molecule has 0 aliphatic heterocycles. The van der Waals surface area contributed by atoms with Crippen molar-refractivity contribution < 1.29 is 19.4 Å². The molecule has 0 heterocycles. The Morgan fingerprint density at radius 3 is 2.59 bits per heavy atom. The summed E-state index contributed by atoms with van der Waals surface area (Å²) >= 11 is 3.55. The summed E-state index contributed by atoms with van der Waals surface area (Å²) < 4.78 is 12.3. The number of carboxylic acids is 1. The molecule has 0 bridgehead atoms. The smallest absolute Gasteiger partial charge is 0.314 e. The Labute approximate surface area is 138 Å². The number of aliphatic carboxylic acids is 1.